The third-order valence-electron chi connectivity index (χ3n) is 7.01. The fraction of sp³-hybridized carbons (Fsp3) is 0.619. The van der Waals surface area contributed by atoms with E-state index in [0.717, 1.165) is 32.2 Å². The van der Waals surface area contributed by atoms with Gasteiger partial charge in [-0.3, -0.25) is 9.59 Å². The Balaban J connectivity index is 1.40. The van der Waals surface area contributed by atoms with Gasteiger partial charge in [0.25, 0.3) is 0 Å². The maximum Gasteiger partial charge on any atom is 0.226 e. The number of carbonyl (C=O) groups excluding carboxylic acids is 2. The minimum Gasteiger partial charge on any atom is -0.486 e. The number of hydrogen-bond donors (Lipinski definition) is 0. The number of ether oxygens (including phenoxy) is 1. The van der Waals surface area contributed by atoms with Gasteiger partial charge >= 0.3 is 0 Å². The molecule has 1 amide bonds. The number of hydrogen-bond acceptors (Lipinski definition) is 3. The molecule has 1 saturated heterocycles. The maximum absolute atomic E-state index is 13.1. The number of Topliss-reactive ketones (excluding diaryl/α,β-unsaturated/α-hetero) is 1. The van der Waals surface area contributed by atoms with Crippen molar-refractivity contribution in [2.75, 3.05) is 6.54 Å². The molecule has 0 N–H and O–H groups in total. The van der Waals surface area contributed by atoms with Crippen molar-refractivity contribution in [2.24, 2.45) is 17.8 Å². The molecule has 0 unspecified atom stereocenters. The summed E-state index contributed by atoms with van der Waals surface area (Å²) < 4.78 is 6.41. The van der Waals surface area contributed by atoms with Gasteiger partial charge < -0.3 is 9.64 Å². The zero-order chi connectivity index (χ0) is 17.2. The number of benzene rings is 1. The summed E-state index contributed by atoms with van der Waals surface area (Å²) in [5.41, 5.74) is 0.264. The van der Waals surface area contributed by atoms with E-state index in [9.17, 15) is 9.59 Å². The van der Waals surface area contributed by atoms with Gasteiger partial charge in [0.05, 0.1) is 12.0 Å². The van der Waals surface area contributed by atoms with Crippen LogP contribution in [0.4, 0.5) is 0 Å². The van der Waals surface area contributed by atoms with E-state index in [1.165, 1.54) is 6.42 Å². The van der Waals surface area contributed by atoms with Crippen LogP contribution in [0.1, 0.15) is 55.8 Å². The first-order valence-corrected chi connectivity index (χ1v) is 9.72. The third kappa shape index (κ3) is 2.19. The molecule has 2 aliphatic carbocycles. The van der Waals surface area contributed by atoms with Crippen molar-refractivity contribution in [3.05, 3.63) is 29.8 Å². The fourth-order valence-electron chi connectivity index (χ4n) is 5.72. The fourth-order valence-corrected chi connectivity index (χ4v) is 5.72. The van der Waals surface area contributed by atoms with Gasteiger partial charge in [-0.05, 0) is 57.1 Å². The molecule has 132 valence electrons. The number of amides is 1. The Labute approximate surface area is 148 Å². The molecule has 4 heteroatoms. The molecule has 25 heavy (non-hydrogen) atoms. The van der Waals surface area contributed by atoms with Crippen molar-refractivity contribution in [1.82, 2.24) is 4.90 Å². The molecule has 2 aliphatic heterocycles. The second-order valence-electron chi connectivity index (χ2n) is 8.39. The van der Waals surface area contributed by atoms with Crippen LogP contribution >= 0.6 is 0 Å². The molecule has 0 aromatic heterocycles. The van der Waals surface area contributed by atoms with Crippen LogP contribution in [0.25, 0.3) is 0 Å². The van der Waals surface area contributed by atoms with Crippen molar-refractivity contribution in [3.8, 4) is 5.75 Å². The van der Waals surface area contributed by atoms with Gasteiger partial charge in [-0.15, -0.1) is 0 Å². The average molecular weight is 339 g/mol. The largest absolute Gasteiger partial charge is 0.486 e. The first kappa shape index (κ1) is 15.4. The average Bonchev–Trinajstić information content (AvgIpc) is 3.26. The lowest BCUT2D eigenvalue weighted by molar-refractivity contribution is -0.137. The van der Waals surface area contributed by atoms with E-state index in [1.807, 2.05) is 24.3 Å². The summed E-state index contributed by atoms with van der Waals surface area (Å²) in [6, 6.07) is 7.90. The van der Waals surface area contributed by atoms with Crippen LogP contribution < -0.4 is 4.74 Å². The highest BCUT2D eigenvalue weighted by molar-refractivity contribution is 6.00. The predicted octanol–water partition coefficient (Wildman–Crippen LogP) is 3.45. The number of rotatable bonds is 1. The summed E-state index contributed by atoms with van der Waals surface area (Å²) in [4.78, 5) is 27.9. The SMILES string of the molecule is C[C@H]1CCCCN1C(=O)[C@H]1[C@H]2CC[C@@]3(CC(=O)c4ccccc4O3)[C@@H]21. The Morgan fingerprint density at radius 3 is 2.92 bits per heavy atom. The molecule has 0 radical (unpaired) electrons. The topological polar surface area (TPSA) is 46.6 Å². The molecule has 0 bridgehead atoms. The molecule has 4 aliphatic rings. The number of nitrogens with zero attached hydrogens (tertiary/aromatic N) is 1. The molecule has 1 aromatic carbocycles. The van der Waals surface area contributed by atoms with Gasteiger partial charge in [-0.1, -0.05) is 12.1 Å². The lowest BCUT2D eigenvalue weighted by Crippen LogP contribution is -2.47. The van der Waals surface area contributed by atoms with Crippen molar-refractivity contribution in [1.29, 1.82) is 0 Å². The van der Waals surface area contributed by atoms with E-state index < -0.39 is 5.60 Å². The summed E-state index contributed by atoms with van der Waals surface area (Å²) in [6.07, 6.45) is 5.80. The van der Waals surface area contributed by atoms with E-state index in [1.54, 1.807) is 0 Å². The summed E-state index contributed by atoms with van der Waals surface area (Å²) in [6.45, 7) is 3.06. The normalized spacial score (nSPS) is 38.9. The van der Waals surface area contributed by atoms with Crippen LogP contribution in [0.15, 0.2) is 24.3 Å². The van der Waals surface area contributed by atoms with Gasteiger partial charge in [-0.25, -0.2) is 0 Å². The quantitative estimate of drug-likeness (QED) is 0.787. The van der Waals surface area contributed by atoms with Crippen LogP contribution in [0.2, 0.25) is 0 Å². The second-order valence-corrected chi connectivity index (χ2v) is 8.39. The van der Waals surface area contributed by atoms with E-state index in [4.69, 9.17) is 4.74 Å². The Bertz CT molecular complexity index is 744. The lowest BCUT2D eigenvalue weighted by atomic mass is 9.84. The molecule has 1 aromatic rings. The molecule has 2 heterocycles. The minimum atomic E-state index is -0.435. The molecule has 3 fully saturated rings. The second kappa shape index (κ2) is 5.33. The van der Waals surface area contributed by atoms with Crippen LogP contribution in [0, 0.1) is 17.8 Å². The zero-order valence-corrected chi connectivity index (χ0v) is 14.7. The molecule has 5 rings (SSSR count). The number of piperidine rings is 1. The summed E-state index contributed by atoms with van der Waals surface area (Å²) in [5.74, 6) is 1.92. The Hall–Kier alpha value is -1.84. The Morgan fingerprint density at radius 1 is 1.24 bits per heavy atom. The third-order valence-corrected chi connectivity index (χ3v) is 7.01. The molecule has 1 spiro atoms. The first-order chi connectivity index (χ1) is 12.1. The highest BCUT2D eigenvalue weighted by atomic mass is 16.5. The summed E-state index contributed by atoms with van der Waals surface area (Å²) in [5, 5.41) is 0. The van der Waals surface area contributed by atoms with Crippen molar-refractivity contribution >= 4 is 11.7 Å². The minimum absolute atomic E-state index is 0.0763. The molecular formula is C21H25NO3. The molecule has 4 nitrogen and oxygen atoms in total. The standard InChI is InChI=1S/C21H25NO3/c1-13-6-4-5-11-22(13)20(24)18-15-9-10-21(19(15)18)12-16(23)14-7-2-3-8-17(14)25-21/h2-3,7-8,13,15,18-19H,4-6,9-12H2,1H3/t13-,15+,18-,19-,21+/m0/s1. The van der Waals surface area contributed by atoms with Crippen LogP contribution in [0.3, 0.4) is 0 Å². The number of carbonyl (C=O) groups is 2. The monoisotopic (exact) mass is 339 g/mol. The summed E-state index contributed by atoms with van der Waals surface area (Å²) >= 11 is 0. The van der Waals surface area contributed by atoms with Gasteiger partial charge in [0.2, 0.25) is 5.91 Å². The van der Waals surface area contributed by atoms with Crippen molar-refractivity contribution < 1.29 is 14.3 Å². The van der Waals surface area contributed by atoms with Gasteiger partial charge in [-0.2, -0.15) is 0 Å². The van der Waals surface area contributed by atoms with Gasteiger partial charge in [0, 0.05) is 24.4 Å². The van der Waals surface area contributed by atoms with Gasteiger partial charge in [0.15, 0.2) is 5.78 Å². The van der Waals surface area contributed by atoms with Crippen LogP contribution in [-0.4, -0.2) is 34.8 Å². The van der Waals surface area contributed by atoms with Crippen molar-refractivity contribution in [3.63, 3.8) is 0 Å². The number of fused-ring (bicyclic) bond motifs is 3. The number of para-hydroxylation sites is 1. The molecule has 5 atom stereocenters. The first-order valence-electron chi connectivity index (χ1n) is 9.72. The highest BCUT2D eigenvalue weighted by Gasteiger charge is 2.71. The maximum atomic E-state index is 13.1. The van der Waals surface area contributed by atoms with E-state index in [2.05, 4.69) is 11.8 Å². The highest BCUT2D eigenvalue weighted by Crippen LogP contribution is 2.66. The molecular weight excluding hydrogens is 314 g/mol. The summed E-state index contributed by atoms with van der Waals surface area (Å²) in [7, 11) is 0. The van der Waals surface area contributed by atoms with E-state index >= 15 is 0 Å². The van der Waals surface area contributed by atoms with Crippen LogP contribution in [-0.2, 0) is 4.79 Å². The van der Waals surface area contributed by atoms with E-state index in [0.29, 0.717) is 35.6 Å². The smallest absolute Gasteiger partial charge is 0.226 e. The Kier molecular flexibility index (Phi) is 3.28. The number of likely N-dealkylation sites (tertiary alicyclic amines) is 1. The molecule has 2 saturated carbocycles. The zero-order valence-electron chi connectivity index (χ0n) is 14.7. The predicted molar refractivity (Wildman–Crippen MR) is 93.5 cm³/mol. The lowest BCUT2D eigenvalue weighted by Gasteiger charge is -2.38. The van der Waals surface area contributed by atoms with Gasteiger partial charge in [0.1, 0.15) is 11.4 Å². The van der Waals surface area contributed by atoms with Crippen LogP contribution in [0.5, 0.6) is 5.75 Å². The number of ketones is 1. The van der Waals surface area contributed by atoms with E-state index in [-0.39, 0.29) is 17.6 Å². The Morgan fingerprint density at radius 2 is 2.08 bits per heavy atom. The van der Waals surface area contributed by atoms with Crippen molar-refractivity contribution in [2.45, 2.75) is 57.1 Å².